The van der Waals surface area contributed by atoms with Gasteiger partial charge in [-0.15, -0.1) is 11.3 Å². The van der Waals surface area contributed by atoms with Crippen LogP contribution in [-0.4, -0.2) is 36.3 Å². The SMILES string of the molecule is Cc1ccc2sc(CNC(=O)C(C)OCC3CCCO3)nc2c1. The fourth-order valence-corrected chi connectivity index (χ4v) is 3.46. The van der Waals surface area contributed by atoms with E-state index in [2.05, 4.69) is 28.5 Å². The Morgan fingerprint density at radius 3 is 3.22 bits per heavy atom. The predicted molar refractivity (Wildman–Crippen MR) is 90.6 cm³/mol. The Kier molecular flexibility index (Phi) is 5.25. The van der Waals surface area contributed by atoms with Crippen LogP contribution in [0.15, 0.2) is 18.2 Å². The van der Waals surface area contributed by atoms with Gasteiger partial charge in [-0.05, 0) is 44.4 Å². The number of aromatic nitrogens is 1. The molecule has 1 aliphatic rings. The minimum Gasteiger partial charge on any atom is -0.376 e. The van der Waals surface area contributed by atoms with Crippen molar-refractivity contribution in [2.75, 3.05) is 13.2 Å². The van der Waals surface area contributed by atoms with Gasteiger partial charge in [-0.1, -0.05) is 6.07 Å². The quantitative estimate of drug-likeness (QED) is 0.882. The lowest BCUT2D eigenvalue weighted by Crippen LogP contribution is -2.35. The molecule has 1 amide bonds. The van der Waals surface area contributed by atoms with Crippen molar-refractivity contribution in [2.45, 2.75) is 45.4 Å². The molecule has 124 valence electrons. The second kappa shape index (κ2) is 7.38. The number of benzene rings is 1. The van der Waals surface area contributed by atoms with Gasteiger partial charge in [0.2, 0.25) is 5.91 Å². The third kappa shape index (κ3) is 4.28. The number of ether oxygens (including phenoxy) is 2. The fraction of sp³-hybridized carbons (Fsp3) is 0.529. The molecule has 5 nitrogen and oxygen atoms in total. The average Bonchev–Trinajstić information content (AvgIpc) is 3.18. The zero-order chi connectivity index (χ0) is 16.2. The molecule has 1 saturated heterocycles. The summed E-state index contributed by atoms with van der Waals surface area (Å²) in [6.45, 7) is 5.53. The summed E-state index contributed by atoms with van der Waals surface area (Å²) in [6, 6.07) is 6.20. The van der Waals surface area contributed by atoms with Crippen molar-refractivity contribution in [3.8, 4) is 0 Å². The van der Waals surface area contributed by atoms with Crippen molar-refractivity contribution in [1.82, 2.24) is 10.3 Å². The smallest absolute Gasteiger partial charge is 0.249 e. The molecular formula is C17H22N2O3S. The summed E-state index contributed by atoms with van der Waals surface area (Å²) < 4.78 is 12.2. The summed E-state index contributed by atoms with van der Waals surface area (Å²) in [5.74, 6) is -0.113. The number of fused-ring (bicyclic) bond motifs is 1. The van der Waals surface area contributed by atoms with E-state index in [-0.39, 0.29) is 12.0 Å². The Morgan fingerprint density at radius 2 is 2.43 bits per heavy atom. The topological polar surface area (TPSA) is 60.5 Å². The van der Waals surface area contributed by atoms with Gasteiger partial charge in [0.05, 0.1) is 29.5 Å². The zero-order valence-corrected chi connectivity index (χ0v) is 14.3. The van der Waals surface area contributed by atoms with Gasteiger partial charge in [-0.3, -0.25) is 4.79 Å². The molecule has 23 heavy (non-hydrogen) atoms. The van der Waals surface area contributed by atoms with Gasteiger partial charge >= 0.3 is 0 Å². The molecule has 2 heterocycles. The number of nitrogens with zero attached hydrogens (tertiary/aromatic N) is 1. The van der Waals surface area contributed by atoms with Crippen LogP contribution in [0, 0.1) is 6.92 Å². The molecule has 0 radical (unpaired) electrons. The first kappa shape index (κ1) is 16.4. The Morgan fingerprint density at radius 1 is 1.57 bits per heavy atom. The Hall–Kier alpha value is -1.50. The molecule has 1 N–H and O–H groups in total. The molecule has 1 aromatic heterocycles. The lowest BCUT2D eigenvalue weighted by molar-refractivity contribution is -0.133. The predicted octanol–water partition coefficient (Wildman–Crippen LogP) is 2.81. The number of carbonyl (C=O) groups is 1. The number of nitrogens with one attached hydrogen (secondary N) is 1. The molecule has 2 atom stereocenters. The average molecular weight is 334 g/mol. The van der Waals surface area contributed by atoms with Crippen LogP contribution in [-0.2, 0) is 20.8 Å². The fourth-order valence-electron chi connectivity index (χ4n) is 2.57. The lowest BCUT2D eigenvalue weighted by Gasteiger charge is -2.15. The summed E-state index contributed by atoms with van der Waals surface area (Å²) in [4.78, 5) is 16.6. The molecule has 2 aromatic rings. The highest BCUT2D eigenvalue weighted by atomic mass is 32.1. The van der Waals surface area contributed by atoms with Gasteiger partial charge in [-0.25, -0.2) is 4.98 Å². The molecule has 2 unspecified atom stereocenters. The first-order chi connectivity index (χ1) is 11.1. The summed E-state index contributed by atoms with van der Waals surface area (Å²) in [5, 5.41) is 3.80. The van der Waals surface area contributed by atoms with Crippen LogP contribution >= 0.6 is 11.3 Å². The van der Waals surface area contributed by atoms with Crippen molar-refractivity contribution < 1.29 is 14.3 Å². The van der Waals surface area contributed by atoms with Gasteiger partial charge in [-0.2, -0.15) is 0 Å². The van der Waals surface area contributed by atoms with Gasteiger partial charge < -0.3 is 14.8 Å². The van der Waals surface area contributed by atoms with E-state index in [1.165, 1.54) is 5.56 Å². The van der Waals surface area contributed by atoms with Crippen LogP contribution in [0.2, 0.25) is 0 Å². The molecule has 0 saturated carbocycles. The number of hydrogen-bond acceptors (Lipinski definition) is 5. The maximum atomic E-state index is 12.1. The number of thiazole rings is 1. The first-order valence-electron chi connectivity index (χ1n) is 7.99. The first-order valence-corrected chi connectivity index (χ1v) is 8.80. The minimum atomic E-state index is -0.476. The van der Waals surface area contributed by atoms with Gasteiger partial charge in [0.25, 0.3) is 0 Å². The van der Waals surface area contributed by atoms with Crippen molar-refractivity contribution in [3.05, 3.63) is 28.8 Å². The van der Waals surface area contributed by atoms with E-state index in [4.69, 9.17) is 9.47 Å². The van der Waals surface area contributed by atoms with Crippen molar-refractivity contribution in [1.29, 1.82) is 0 Å². The van der Waals surface area contributed by atoms with Crippen LogP contribution in [0.3, 0.4) is 0 Å². The molecular weight excluding hydrogens is 312 g/mol. The molecule has 1 aromatic carbocycles. The van der Waals surface area contributed by atoms with E-state index < -0.39 is 6.10 Å². The maximum Gasteiger partial charge on any atom is 0.249 e. The number of aryl methyl sites for hydroxylation is 1. The van der Waals surface area contributed by atoms with Crippen molar-refractivity contribution in [2.24, 2.45) is 0 Å². The third-order valence-electron chi connectivity index (χ3n) is 3.93. The third-order valence-corrected chi connectivity index (χ3v) is 4.96. The van der Waals surface area contributed by atoms with Crippen LogP contribution in [0.25, 0.3) is 10.2 Å². The molecule has 6 heteroatoms. The van der Waals surface area contributed by atoms with Crippen LogP contribution in [0.5, 0.6) is 0 Å². The molecule has 0 spiro atoms. The van der Waals surface area contributed by atoms with Gasteiger partial charge in [0.1, 0.15) is 11.1 Å². The van der Waals surface area contributed by atoms with Crippen LogP contribution in [0.4, 0.5) is 0 Å². The summed E-state index contributed by atoms with van der Waals surface area (Å²) in [6.07, 6.45) is 1.75. The normalized spacial score (nSPS) is 19.1. The molecule has 3 rings (SSSR count). The van der Waals surface area contributed by atoms with E-state index in [0.29, 0.717) is 13.2 Å². The largest absolute Gasteiger partial charge is 0.376 e. The maximum absolute atomic E-state index is 12.1. The Balaban J connectivity index is 1.48. The highest BCUT2D eigenvalue weighted by Gasteiger charge is 2.20. The van der Waals surface area contributed by atoms with Crippen LogP contribution < -0.4 is 5.32 Å². The van der Waals surface area contributed by atoms with Gasteiger partial charge in [0, 0.05) is 6.61 Å². The van der Waals surface area contributed by atoms with Crippen molar-refractivity contribution >= 4 is 27.5 Å². The summed E-state index contributed by atoms with van der Waals surface area (Å²) in [7, 11) is 0. The number of rotatable bonds is 6. The second-order valence-electron chi connectivity index (χ2n) is 5.91. The molecule has 1 fully saturated rings. The summed E-state index contributed by atoms with van der Waals surface area (Å²) >= 11 is 1.61. The van der Waals surface area contributed by atoms with E-state index in [9.17, 15) is 4.79 Å². The Labute approximate surface area is 140 Å². The van der Waals surface area contributed by atoms with E-state index >= 15 is 0 Å². The monoisotopic (exact) mass is 334 g/mol. The molecule has 0 bridgehead atoms. The number of carbonyl (C=O) groups excluding carboxylic acids is 1. The van der Waals surface area contributed by atoms with E-state index in [1.807, 2.05) is 6.92 Å². The van der Waals surface area contributed by atoms with Crippen LogP contribution in [0.1, 0.15) is 30.3 Å². The second-order valence-corrected chi connectivity index (χ2v) is 7.02. The number of amides is 1. The summed E-state index contributed by atoms with van der Waals surface area (Å²) in [5.41, 5.74) is 2.18. The lowest BCUT2D eigenvalue weighted by atomic mass is 10.2. The van der Waals surface area contributed by atoms with E-state index in [1.54, 1.807) is 18.3 Å². The Bertz CT molecular complexity index is 680. The molecule has 1 aliphatic heterocycles. The van der Waals surface area contributed by atoms with Gasteiger partial charge in [0.15, 0.2) is 0 Å². The molecule has 0 aliphatic carbocycles. The highest BCUT2D eigenvalue weighted by molar-refractivity contribution is 7.18. The van der Waals surface area contributed by atoms with E-state index in [0.717, 1.165) is 34.7 Å². The minimum absolute atomic E-state index is 0.113. The number of hydrogen-bond donors (Lipinski definition) is 1. The van der Waals surface area contributed by atoms with Crippen molar-refractivity contribution in [3.63, 3.8) is 0 Å². The standard InChI is InChI=1S/C17H22N2O3S/c1-11-5-6-15-14(8-11)19-16(23-15)9-18-17(20)12(2)22-10-13-4-3-7-21-13/h5-6,8,12-13H,3-4,7,9-10H2,1-2H3,(H,18,20). The highest BCUT2D eigenvalue weighted by Crippen LogP contribution is 2.22. The zero-order valence-electron chi connectivity index (χ0n) is 13.5.